The van der Waals surface area contributed by atoms with E-state index in [1.807, 2.05) is 60.7 Å². The second-order valence-corrected chi connectivity index (χ2v) is 9.76. The first-order chi connectivity index (χ1) is 17.5. The zero-order valence-electron chi connectivity index (χ0n) is 19.6. The lowest BCUT2D eigenvalue weighted by atomic mass is 10.1. The fraction of sp³-hybridized carbons (Fsp3) is 0.138. The molecule has 0 bridgehead atoms. The molecular formula is C29H27NO5S. The van der Waals surface area contributed by atoms with Crippen LogP contribution in [-0.2, 0) is 39.2 Å². The normalized spacial score (nSPS) is 12.0. The molecule has 0 aliphatic rings. The van der Waals surface area contributed by atoms with E-state index in [4.69, 9.17) is 8.92 Å². The molecule has 36 heavy (non-hydrogen) atoms. The summed E-state index contributed by atoms with van der Waals surface area (Å²) in [6.45, 7) is 0.690. The maximum Gasteiger partial charge on any atom is 0.339 e. The van der Waals surface area contributed by atoms with Gasteiger partial charge in [0.2, 0.25) is 0 Å². The molecule has 1 N–H and O–H groups in total. The van der Waals surface area contributed by atoms with Gasteiger partial charge in [0.25, 0.3) is 0 Å². The third-order valence-corrected chi connectivity index (χ3v) is 6.77. The van der Waals surface area contributed by atoms with Crippen molar-refractivity contribution < 1.29 is 22.1 Å². The van der Waals surface area contributed by atoms with Crippen molar-refractivity contribution in [2.75, 3.05) is 0 Å². The predicted molar refractivity (Wildman–Crippen MR) is 138 cm³/mol. The van der Waals surface area contributed by atoms with Crippen molar-refractivity contribution in [3.8, 4) is 5.75 Å². The quantitative estimate of drug-likeness (QED) is 0.233. The van der Waals surface area contributed by atoms with Gasteiger partial charge in [-0.1, -0.05) is 91.0 Å². The molecule has 6 nitrogen and oxygen atoms in total. The van der Waals surface area contributed by atoms with Crippen molar-refractivity contribution in [3.63, 3.8) is 0 Å². The molecule has 0 radical (unpaired) electrons. The van der Waals surface area contributed by atoms with Gasteiger partial charge < -0.3 is 14.2 Å². The third-order valence-electron chi connectivity index (χ3n) is 5.50. The van der Waals surface area contributed by atoms with Gasteiger partial charge in [-0.2, -0.15) is 8.42 Å². The fourth-order valence-corrected chi connectivity index (χ4v) is 4.53. The molecule has 0 unspecified atom stereocenters. The topological polar surface area (TPSA) is 81.7 Å². The summed E-state index contributed by atoms with van der Waals surface area (Å²) in [5.74, 6) is -0.162. The van der Waals surface area contributed by atoms with Crippen LogP contribution in [0.5, 0.6) is 5.75 Å². The molecule has 0 aromatic heterocycles. The number of benzene rings is 4. The van der Waals surface area contributed by atoms with Crippen molar-refractivity contribution in [2.45, 2.75) is 30.5 Å². The number of hydrogen-bond acceptors (Lipinski definition) is 6. The van der Waals surface area contributed by atoms with E-state index in [1.54, 1.807) is 42.5 Å². The summed E-state index contributed by atoms with van der Waals surface area (Å²) in [5.41, 5.74) is 2.80. The SMILES string of the molecule is O=C(OCc1ccccc1)[C@H](Cc1ccc(OS(=O)(=O)c2ccccc2)cc1)NCc1ccccc1. The van der Waals surface area contributed by atoms with E-state index in [2.05, 4.69) is 5.32 Å². The Labute approximate surface area is 211 Å². The Morgan fingerprint density at radius 3 is 1.86 bits per heavy atom. The van der Waals surface area contributed by atoms with Gasteiger partial charge in [0.05, 0.1) is 0 Å². The Morgan fingerprint density at radius 1 is 0.694 bits per heavy atom. The van der Waals surface area contributed by atoms with Crippen molar-refractivity contribution >= 4 is 16.1 Å². The van der Waals surface area contributed by atoms with Crippen LogP contribution in [0.15, 0.2) is 120 Å². The summed E-state index contributed by atoms with van der Waals surface area (Å²) in [5, 5.41) is 3.29. The highest BCUT2D eigenvalue weighted by molar-refractivity contribution is 7.87. The number of esters is 1. The Bertz CT molecular complexity index is 1340. The first kappa shape index (κ1) is 25.2. The number of nitrogens with one attached hydrogen (secondary N) is 1. The second-order valence-electron chi connectivity index (χ2n) is 8.21. The molecule has 0 fully saturated rings. The summed E-state index contributed by atoms with van der Waals surface area (Å²) < 4.78 is 35.8. The number of hydrogen-bond donors (Lipinski definition) is 1. The summed E-state index contributed by atoms with van der Waals surface area (Å²) >= 11 is 0. The molecule has 0 spiro atoms. The minimum atomic E-state index is -3.92. The van der Waals surface area contributed by atoms with E-state index in [0.29, 0.717) is 13.0 Å². The molecule has 4 aromatic rings. The molecule has 0 saturated carbocycles. The van der Waals surface area contributed by atoms with Crippen molar-refractivity contribution in [1.29, 1.82) is 0 Å². The summed E-state index contributed by atoms with van der Waals surface area (Å²) in [4.78, 5) is 13.0. The monoisotopic (exact) mass is 501 g/mol. The van der Waals surface area contributed by atoms with Gasteiger partial charge in [0.1, 0.15) is 23.3 Å². The van der Waals surface area contributed by atoms with E-state index in [9.17, 15) is 13.2 Å². The molecule has 4 rings (SSSR count). The van der Waals surface area contributed by atoms with Crippen LogP contribution in [0.25, 0.3) is 0 Å². The largest absolute Gasteiger partial charge is 0.460 e. The van der Waals surface area contributed by atoms with Crippen molar-refractivity contribution in [2.24, 2.45) is 0 Å². The molecule has 4 aromatic carbocycles. The fourth-order valence-electron chi connectivity index (χ4n) is 3.58. The van der Waals surface area contributed by atoms with Gasteiger partial charge in [-0.15, -0.1) is 0 Å². The lowest BCUT2D eigenvalue weighted by Gasteiger charge is -2.18. The van der Waals surface area contributed by atoms with Gasteiger partial charge in [-0.25, -0.2) is 0 Å². The van der Waals surface area contributed by atoms with Crippen LogP contribution in [0.3, 0.4) is 0 Å². The first-order valence-electron chi connectivity index (χ1n) is 11.6. The van der Waals surface area contributed by atoms with Crippen LogP contribution in [-0.4, -0.2) is 20.4 Å². The van der Waals surface area contributed by atoms with Crippen LogP contribution in [0.4, 0.5) is 0 Å². The van der Waals surface area contributed by atoms with Crippen LogP contribution >= 0.6 is 0 Å². The van der Waals surface area contributed by atoms with E-state index in [1.165, 1.54) is 12.1 Å². The maximum absolute atomic E-state index is 13.0. The van der Waals surface area contributed by atoms with E-state index in [-0.39, 0.29) is 23.2 Å². The Kier molecular flexibility index (Phi) is 8.49. The molecule has 0 amide bonds. The average molecular weight is 502 g/mol. The van der Waals surface area contributed by atoms with E-state index >= 15 is 0 Å². The molecule has 7 heteroatoms. The summed E-state index contributed by atoms with van der Waals surface area (Å²) in [7, 11) is -3.92. The molecule has 0 aliphatic carbocycles. The lowest BCUT2D eigenvalue weighted by Crippen LogP contribution is -2.39. The minimum absolute atomic E-state index is 0.0837. The minimum Gasteiger partial charge on any atom is -0.460 e. The smallest absolute Gasteiger partial charge is 0.339 e. The van der Waals surface area contributed by atoms with Gasteiger partial charge in [0.15, 0.2) is 0 Å². The maximum atomic E-state index is 13.0. The second kappa shape index (κ2) is 12.2. The number of ether oxygens (including phenoxy) is 1. The first-order valence-corrected chi connectivity index (χ1v) is 13.0. The van der Waals surface area contributed by atoms with Crippen molar-refractivity contribution in [3.05, 3.63) is 132 Å². The van der Waals surface area contributed by atoms with Gasteiger partial charge in [-0.05, 0) is 47.4 Å². The Balaban J connectivity index is 1.43. The molecule has 0 saturated heterocycles. The highest BCUT2D eigenvalue weighted by Gasteiger charge is 2.21. The van der Waals surface area contributed by atoms with Gasteiger partial charge >= 0.3 is 16.1 Å². The van der Waals surface area contributed by atoms with Gasteiger partial charge in [-0.3, -0.25) is 4.79 Å². The average Bonchev–Trinajstić information content (AvgIpc) is 2.92. The molecule has 0 aliphatic heterocycles. The molecular weight excluding hydrogens is 474 g/mol. The lowest BCUT2D eigenvalue weighted by molar-refractivity contribution is -0.147. The number of rotatable bonds is 11. The summed E-state index contributed by atoms with van der Waals surface area (Å²) in [6, 6.07) is 33.4. The zero-order chi connectivity index (χ0) is 25.2. The summed E-state index contributed by atoms with van der Waals surface area (Å²) in [6.07, 6.45) is 0.367. The highest BCUT2D eigenvalue weighted by Crippen LogP contribution is 2.20. The van der Waals surface area contributed by atoms with Crippen LogP contribution in [0.2, 0.25) is 0 Å². The third kappa shape index (κ3) is 7.28. The van der Waals surface area contributed by atoms with E-state index < -0.39 is 16.2 Å². The van der Waals surface area contributed by atoms with Gasteiger partial charge in [0, 0.05) is 6.54 Å². The van der Waals surface area contributed by atoms with Crippen molar-refractivity contribution in [1.82, 2.24) is 5.32 Å². The number of carbonyl (C=O) groups excluding carboxylic acids is 1. The zero-order valence-corrected chi connectivity index (χ0v) is 20.4. The molecule has 1 atom stereocenters. The Hall–Kier alpha value is -3.94. The molecule has 0 heterocycles. The van der Waals surface area contributed by atoms with Crippen LogP contribution < -0.4 is 9.50 Å². The van der Waals surface area contributed by atoms with Crippen LogP contribution in [0, 0.1) is 0 Å². The Morgan fingerprint density at radius 2 is 1.25 bits per heavy atom. The van der Waals surface area contributed by atoms with Crippen LogP contribution in [0.1, 0.15) is 16.7 Å². The number of carbonyl (C=O) groups is 1. The molecule has 184 valence electrons. The predicted octanol–water partition coefficient (Wildman–Crippen LogP) is 4.90. The van der Waals surface area contributed by atoms with E-state index in [0.717, 1.165) is 16.7 Å². The highest BCUT2D eigenvalue weighted by atomic mass is 32.2. The standard InChI is InChI=1S/C29H27NO5S/c31-29(34-22-25-12-6-2-7-13-25)28(30-21-24-10-4-1-5-11-24)20-23-16-18-26(19-17-23)35-36(32,33)27-14-8-3-9-15-27/h1-19,28,30H,20-22H2/t28-/m0/s1.